The Labute approximate surface area is 102 Å². The van der Waals surface area contributed by atoms with Gasteiger partial charge in [-0.25, -0.2) is 0 Å². The molecule has 2 aromatic heterocycles. The largest absolute Gasteiger partial charge is 0.491 e. The van der Waals surface area contributed by atoms with Crippen molar-refractivity contribution in [2.75, 3.05) is 0 Å². The maximum absolute atomic E-state index is 10.7. The molecule has 0 aliphatic carbocycles. The summed E-state index contributed by atoms with van der Waals surface area (Å²) in [4.78, 5) is 14.8. The molecule has 0 bridgehead atoms. The Hall–Kier alpha value is -2.41. The van der Waals surface area contributed by atoms with E-state index >= 15 is 0 Å². The number of pyridine rings is 1. The predicted octanol–water partition coefficient (Wildman–Crippen LogP) is 0.397. The molecule has 18 heavy (non-hydrogen) atoms. The van der Waals surface area contributed by atoms with Crippen LogP contribution in [0.1, 0.15) is 5.56 Å². The predicted molar refractivity (Wildman–Crippen MR) is 60.7 cm³/mol. The second kappa shape index (κ2) is 4.84. The highest BCUT2D eigenvalue weighted by molar-refractivity contribution is 5.74. The lowest BCUT2D eigenvalue weighted by Crippen LogP contribution is -2.32. The van der Waals surface area contributed by atoms with Crippen LogP contribution < -0.4 is 5.73 Å². The van der Waals surface area contributed by atoms with Gasteiger partial charge in [-0.1, -0.05) is 6.07 Å². The number of rotatable bonds is 4. The molecule has 0 radical (unpaired) electrons. The van der Waals surface area contributed by atoms with Crippen LogP contribution >= 0.6 is 0 Å². The molecule has 0 fully saturated rings. The molecule has 0 aromatic carbocycles. The summed E-state index contributed by atoms with van der Waals surface area (Å²) in [6.07, 6.45) is 1.46. The van der Waals surface area contributed by atoms with Crippen molar-refractivity contribution in [2.45, 2.75) is 12.5 Å². The minimum Gasteiger partial charge on any atom is -0.491 e. The Bertz CT molecular complexity index is 553. The molecule has 7 heteroatoms. The lowest BCUT2D eigenvalue weighted by molar-refractivity contribution is -0.138. The highest BCUT2D eigenvalue weighted by Gasteiger charge is 2.23. The van der Waals surface area contributed by atoms with Gasteiger partial charge in [0.05, 0.1) is 5.56 Å². The van der Waals surface area contributed by atoms with Crippen LogP contribution in [0.2, 0.25) is 0 Å². The Morgan fingerprint density at radius 2 is 2.28 bits per heavy atom. The van der Waals surface area contributed by atoms with Crippen LogP contribution in [0.4, 0.5) is 0 Å². The van der Waals surface area contributed by atoms with Crippen molar-refractivity contribution in [3.05, 3.63) is 30.0 Å². The molecule has 0 saturated carbocycles. The Kier molecular flexibility index (Phi) is 3.24. The number of aromatic nitrogens is 2. The molecule has 0 aliphatic rings. The lowest BCUT2D eigenvalue weighted by atomic mass is 10.1. The van der Waals surface area contributed by atoms with Gasteiger partial charge in [-0.2, -0.15) is 0 Å². The highest BCUT2D eigenvalue weighted by atomic mass is 16.5. The molecule has 2 rings (SSSR count). The molecule has 0 saturated heterocycles. The van der Waals surface area contributed by atoms with E-state index in [0.717, 1.165) is 0 Å². The summed E-state index contributed by atoms with van der Waals surface area (Å²) in [7, 11) is 0. The summed E-state index contributed by atoms with van der Waals surface area (Å²) in [6, 6.07) is 3.98. The first-order valence-electron chi connectivity index (χ1n) is 5.17. The van der Waals surface area contributed by atoms with E-state index < -0.39 is 12.0 Å². The maximum Gasteiger partial charge on any atom is 0.320 e. The number of aliphatic carboxylic acids is 1. The quantitative estimate of drug-likeness (QED) is 0.716. The van der Waals surface area contributed by atoms with Gasteiger partial charge < -0.3 is 20.5 Å². The summed E-state index contributed by atoms with van der Waals surface area (Å²) in [5.41, 5.74) is 6.12. The summed E-state index contributed by atoms with van der Waals surface area (Å²) in [6.45, 7) is 0. The summed E-state index contributed by atoms with van der Waals surface area (Å²) in [5.74, 6) is -1.31. The number of nitrogens with zero attached hydrogens (tertiary/aromatic N) is 2. The fraction of sp³-hybridized carbons (Fsp3) is 0.182. The van der Waals surface area contributed by atoms with Gasteiger partial charge in [0.25, 0.3) is 5.88 Å². The van der Waals surface area contributed by atoms with E-state index in [4.69, 9.17) is 15.4 Å². The molecule has 94 valence electrons. The average Bonchev–Trinajstić information content (AvgIpc) is 2.72. The zero-order chi connectivity index (χ0) is 13.1. The number of hydrogen-bond acceptors (Lipinski definition) is 6. The van der Waals surface area contributed by atoms with E-state index in [1.807, 2.05) is 0 Å². The van der Waals surface area contributed by atoms with Gasteiger partial charge in [0, 0.05) is 12.6 Å². The normalized spacial score (nSPS) is 12.3. The number of carboxylic acid groups (broad SMARTS) is 1. The zero-order valence-corrected chi connectivity index (χ0v) is 9.28. The fourth-order valence-electron chi connectivity index (χ4n) is 1.49. The topological polar surface area (TPSA) is 122 Å². The van der Waals surface area contributed by atoms with Crippen molar-refractivity contribution in [3.8, 4) is 17.3 Å². The van der Waals surface area contributed by atoms with Gasteiger partial charge in [-0.3, -0.25) is 9.78 Å². The third-order valence-corrected chi connectivity index (χ3v) is 2.41. The van der Waals surface area contributed by atoms with Crippen LogP contribution in [-0.4, -0.2) is 32.4 Å². The third-order valence-electron chi connectivity index (χ3n) is 2.41. The van der Waals surface area contributed by atoms with Gasteiger partial charge in [-0.15, -0.1) is 0 Å². The average molecular weight is 249 g/mol. The lowest BCUT2D eigenvalue weighted by Gasteiger charge is -2.05. The molecule has 2 aromatic rings. The second-order valence-electron chi connectivity index (χ2n) is 3.68. The number of aromatic hydroxyl groups is 1. The van der Waals surface area contributed by atoms with Crippen LogP contribution in [0.3, 0.4) is 0 Å². The Morgan fingerprint density at radius 1 is 1.50 bits per heavy atom. The first kappa shape index (κ1) is 12.1. The number of nitrogens with two attached hydrogens (primary N) is 1. The summed E-state index contributed by atoms with van der Waals surface area (Å²) in [5, 5.41) is 21.7. The van der Waals surface area contributed by atoms with E-state index in [-0.39, 0.29) is 23.6 Å². The molecule has 7 nitrogen and oxygen atoms in total. The first-order valence-corrected chi connectivity index (χ1v) is 5.17. The summed E-state index contributed by atoms with van der Waals surface area (Å²) >= 11 is 0. The van der Waals surface area contributed by atoms with E-state index in [1.165, 1.54) is 0 Å². The van der Waals surface area contributed by atoms with Crippen LogP contribution in [-0.2, 0) is 11.2 Å². The molecule has 2 heterocycles. The smallest absolute Gasteiger partial charge is 0.320 e. The van der Waals surface area contributed by atoms with Crippen LogP contribution in [0.5, 0.6) is 5.88 Å². The first-order chi connectivity index (χ1) is 8.59. The second-order valence-corrected chi connectivity index (χ2v) is 3.68. The highest BCUT2D eigenvalue weighted by Crippen LogP contribution is 2.29. The Balaban J connectivity index is 2.36. The SMILES string of the molecule is N[C@H](Cc1c(O)noc1-c1ccccn1)C(=O)O. The summed E-state index contributed by atoms with van der Waals surface area (Å²) < 4.78 is 4.95. The van der Waals surface area contributed by atoms with Crippen LogP contribution in [0.15, 0.2) is 28.9 Å². The van der Waals surface area contributed by atoms with Gasteiger partial charge in [0.2, 0.25) is 0 Å². The van der Waals surface area contributed by atoms with Gasteiger partial charge in [-0.05, 0) is 17.3 Å². The fourth-order valence-corrected chi connectivity index (χ4v) is 1.49. The molecule has 0 unspecified atom stereocenters. The molecular weight excluding hydrogens is 238 g/mol. The maximum atomic E-state index is 10.7. The van der Waals surface area contributed by atoms with Gasteiger partial charge in [0.1, 0.15) is 11.7 Å². The van der Waals surface area contributed by atoms with Crippen molar-refractivity contribution >= 4 is 5.97 Å². The van der Waals surface area contributed by atoms with Crippen LogP contribution in [0, 0.1) is 0 Å². The van der Waals surface area contributed by atoms with E-state index in [0.29, 0.717) is 5.69 Å². The minimum absolute atomic E-state index is 0.0867. The number of carboxylic acids is 1. The number of hydrogen-bond donors (Lipinski definition) is 3. The molecule has 0 aliphatic heterocycles. The van der Waals surface area contributed by atoms with Crippen molar-refractivity contribution in [1.82, 2.24) is 10.1 Å². The zero-order valence-electron chi connectivity index (χ0n) is 9.28. The van der Waals surface area contributed by atoms with Gasteiger partial charge >= 0.3 is 5.97 Å². The van der Waals surface area contributed by atoms with E-state index in [2.05, 4.69) is 10.1 Å². The molecule has 4 N–H and O–H groups in total. The van der Waals surface area contributed by atoms with Gasteiger partial charge in [0.15, 0.2) is 5.76 Å². The third kappa shape index (κ3) is 2.30. The van der Waals surface area contributed by atoms with Crippen molar-refractivity contribution in [2.24, 2.45) is 5.73 Å². The Morgan fingerprint density at radius 3 is 2.89 bits per heavy atom. The van der Waals surface area contributed by atoms with E-state index in [1.54, 1.807) is 24.4 Å². The van der Waals surface area contributed by atoms with Crippen molar-refractivity contribution < 1.29 is 19.5 Å². The number of carbonyl (C=O) groups is 1. The van der Waals surface area contributed by atoms with Crippen LogP contribution in [0.25, 0.3) is 11.5 Å². The standard InChI is InChI=1S/C11H11N3O4/c12-7(11(16)17)5-6-9(18-14-10(6)15)8-3-1-2-4-13-8/h1-4,7H,5,12H2,(H,14,15)(H,16,17)/t7-/m1/s1. The van der Waals surface area contributed by atoms with Crippen molar-refractivity contribution in [3.63, 3.8) is 0 Å². The monoisotopic (exact) mass is 249 g/mol. The molecular formula is C11H11N3O4. The minimum atomic E-state index is -1.16. The molecule has 0 spiro atoms. The van der Waals surface area contributed by atoms with E-state index in [9.17, 15) is 9.90 Å². The molecule has 0 amide bonds. The van der Waals surface area contributed by atoms with Crippen molar-refractivity contribution in [1.29, 1.82) is 0 Å². The molecule has 1 atom stereocenters.